The summed E-state index contributed by atoms with van der Waals surface area (Å²) in [5.74, 6) is 5.20. The molecule has 1 aliphatic rings. The summed E-state index contributed by atoms with van der Waals surface area (Å²) in [6.45, 7) is 18.0. The molecular formula is C26H52O. The van der Waals surface area contributed by atoms with Crippen molar-refractivity contribution in [2.45, 2.75) is 125 Å². The first-order valence-corrected chi connectivity index (χ1v) is 12.5. The molecule has 1 rings (SSSR count). The van der Waals surface area contributed by atoms with Crippen LogP contribution in [0.5, 0.6) is 0 Å². The van der Waals surface area contributed by atoms with Crippen molar-refractivity contribution in [3.8, 4) is 0 Å². The predicted octanol–water partition coefficient (Wildman–Crippen LogP) is 8.51. The highest BCUT2D eigenvalue weighted by Gasteiger charge is 2.34. The van der Waals surface area contributed by atoms with Crippen molar-refractivity contribution in [2.75, 3.05) is 6.61 Å². The average molecular weight is 381 g/mol. The van der Waals surface area contributed by atoms with Crippen molar-refractivity contribution in [1.82, 2.24) is 0 Å². The topological polar surface area (TPSA) is 12.5 Å². The van der Waals surface area contributed by atoms with E-state index in [1.807, 2.05) is 0 Å². The van der Waals surface area contributed by atoms with E-state index >= 15 is 0 Å². The minimum Gasteiger partial charge on any atom is -0.373 e. The number of ether oxygens (including phenoxy) is 1. The summed E-state index contributed by atoms with van der Waals surface area (Å²) < 4.78 is 5.67. The van der Waals surface area contributed by atoms with Crippen LogP contribution in [0.3, 0.4) is 0 Å². The van der Waals surface area contributed by atoms with Crippen LogP contribution in [0.25, 0.3) is 0 Å². The summed E-state index contributed by atoms with van der Waals surface area (Å²) in [6.07, 6.45) is 16.0. The van der Waals surface area contributed by atoms with Gasteiger partial charge >= 0.3 is 0 Å². The van der Waals surface area contributed by atoms with Crippen LogP contribution in [0, 0.1) is 35.5 Å². The van der Waals surface area contributed by atoms with E-state index in [-0.39, 0.29) is 0 Å². The van der Waals surface area contributed by atoms with Gasteiger partial charge < -0.3 is 4.74 Å². The SMILES string of the molecule is CCCC(C)C(C)CCCCCCC(C)C(C)CC(CC(C)CC)C1CO1. The molecule has 1 heteroatoms. The summed E-state index contributed by atoms with van der Waals surface area (Å²) in [4.78, 5) is 0. The lowest BCUT2D eigenvalue weighted by atomic mass is 9.79. The first kappa shape index (κ1) is 25.0. The number of hydrogen-bond acceptors (Lipinski definition) is 1. The van der Waals surface area contributed by atoms with Crippen molar-refractivity contribution in [3.63, 3.8) is 0 Å². The average Bonchev–Trinajstić information content (AvgIpc) is 3.48. The normalized spacial score (nSPS) is 23.4. The van der Waals surface area contributed by atoms with E-state index in [9.17, 15) is 0 Å². The van der Waals surface area contributed by atoms with Crippen molar-refractivity contribution < 1.29 is 4.74 Å². The highest BCUT2D eigenvalue weighted by Crippen LogP contribution is 2.35. The van der Waals surface area contributed by atoms with Crippen molar-refractivity contribution >= 4 is 0 Å². The second-order valence-electron chi connectivity index (χ2n) is 10.3. The summed E-state index contributed by atoms with van der Waals surface area (Å²) in [7, 11) is 0. The van der Waals surface area contributed by atoms with Gasteiger partial charge in [-0.05, 0) is 48.3 Å². The maximum Gasteiger partial charge on any atom is 0.0838 e. The van der Waals surface area contributed by atoms with Crippen LogP contribution in [-0.2, 0) is 4.74 Å². The predicted molar refractivity (Wildman–Crippen MR) is 121 cm³/mol. The number of hydrogen-bond donors (Lipinski definition) is 0. The van der Waals surface area contributed by atoms with E-state index in [0.717, 1.165) is 42.1 Å². The van der Waals surface area contributed by atoms with Gasteiger partial charge in [-0.15, -0.1) is 0 Å². The molecular weight excluding hydrogens is 328 g/mol. The Bertz CT molecular complexity index is 348. The van der Waals surface area contributed by atoms with E-state index in [1.54, 1.807) is 0 Å². The van der Waals surface area contributed by atoms with Gasteiger partial charge in [0.1, 0.15) is 0 Å². The molecule has 1 aliphatic heterocycles. The van der Waals surface area contributed by atoms with Crippen molar-refractivity contribution in [1.29, 1.82) is 0 Å². The quantitative estimate of drug-likeness (QED) is 0.182. The molecule has 7 atom stereocenters. The third kappa shape index (κ3) is 10.9. The first-order chi connectivity index (χ1) is 12.9. The van der Waals surface area contributed by atoms with E-state index < -0.39 is 0 Å². The standard InChI is InChI=1S/C26H52O/c1-8-14-21(4)22(5)15-12-10-11-13-16-23(6)24(7)18-25(26-19-27-26)17-20(3)9-2/h20-26H,8-19H2,1-7H3. The minimum atomic E-state index is 0.589. The van der Waals surface area contributed by atoms with Crippen molar-refractivity contribution in [2.24, 2.45) is 35.5 Å². The summed E-state index contributed by atoms with van der Waals surface area (Å²) in [6, 6.07) is 0. The maximum absolute atomic E-state index is 5.67. The van der Waals surface area contributed by atoms with Gasteiger partial charge in [0.25, 0.3) is 0 Å². The van der Waals surface area contributed by atoms with Crippen LogP contribution >= 0.6 is 0 Å². The second-order valence-corrected chi connectivity index (χ2v) is 10.3. The van der Waals surface area contributed by atoms with Gasteiger partial charge in [-0.1, -0.05) is 106 Å². The molecule has 0 saturated carbocycles. The Kier molecular flexibility index (Phi) is 13.0. The Morgan fingerprint density at radius 3 is 1.70 bits per heavy atom. The molecule has 0 radical (unpaired) electrons. The Balaban J connectivity index is 2.13. The van der Waals surface area contributed by atoms with Gasteiger partial charge in [-0.3, -0.25) is 0 Å². The molecule has 1 saturated heterocycles. The Morgan fingerprint density at radius 2 is 1.22 bits per heavy atom. The Morgan fingerprint density at radius 1 is 0.704 bits per heavy atom. The molecule has 27 heavy (non-hydrogen) atoms. The van der Waals surface area contributed by atoms with E-state index in [1.165, 1.54) is 70.6 Å². The Hall–Kier alpha value is -0.0400. The van der Waals surface area contributed by atoms with E-state index in [0.29, 0.717) is 6.10 Å². The van der Waals surface area contributed by atoms with E-state index in [4.69, 9.17) is 4.74 Å². The van der Waals surface area contributed by atoms with Gasteiger partial charge in [0.05, 0.1) is 12.7 Å². The fourth-order valence-corrected chi connectivity index (χ4v) is 4.72. The molecule has 0 amide bonds. The van der Waals surface area contributed by atoms with Gasteiger partial charge in [0, 0.05) is 0 Å². The fourth-order valence-electron chi connectivity index (χ4n) is 4.72. The van der Waals surface area contributed by atoms with Crippen LogP contribution in [0.4, 0.5) is 0 Å². The molecule has 0 aromatic carbocycles. The monoisotopic (exact) mass is 380 g/mol. The van der Waals surface area contributed by atoms with Gasteiger partial charge in [-0.2, -0.15) is 0 Å². The van der Waals surface area contributed by atoms with Gasteiger partial charge in [0.2, 0.25) is 0 Å². The molecule has 0 N–H and O–H groups in total. The molecule has 1 nitrogen and oxygen atoms in total. The molecule has 0 aromatic heterocycles. The van der Waals surface area contributed by atoms with E-state index in [2.05, 4.69) is 48.5 Å². The lowest BCUT2D eigenvalue weighted by Crippen LogP contribution is -2.19. The van der Waals surface area contributed by atoms with Gasteiger partial charge in [0.15, 0.2) is 0 Å². The van der Waals surface area contributed by atoms with Gasteiger partial charge in [-0.25, -0.2) is 0 Å². The zero-order chi connectivity index (χ0) is 20.2. The summed E-state index contributed by atoms with van der Waals surface area (Å²) in [5, 5.41) is 0. The Labute approximate surface area is 172 Å². The molecule has 1 fully saturated rings. The zero-order valence-corrected chi connectivity index (χ0v) is 19.9. The smallest absolute Gasteiger partial charge is 0.0838 e. The molecule has 0 bridgehead atoms. The maximum atomic E-state index is 5.67. The summed E-state index contributed by atoms with van der Waals surface area (Å²) >= 11 is 0. The van der Waals surface area contributed by atoms with Crippen LogP contribution in [0.15, 0.2) is 0 Å². The molecule has 0 spiro atoms. The number of rotatable bonds is 17. The second kappa shape index (κ2) is 14.0. The fraction of sp³-hybridized carbons (Fsp3) is 1.00. The molecule has 7 unspecified atom stereocenters. The van der Waals surface area contributed by atoms with Crippen LogP contribution in [0.2, 0.25) is 0 Å². The molecule has 0 aliphatic carbocycles. The number of epoxide rings is 1. The van der Waals surface area contributed by atoms with Crippen molar-refractivity contribution in [3.05, 3.63) is 0 Å². The molecule has 1 heterocycles. The lowest BCUT2D eigenvalue weighted by molar-refractivity contribution is 0.214. The van der Waals surface area contributed by atoms with Crippen LogP contribution < -0.4 is 0 Å². The summed E-state index contributed by atoms with van der Waals surface area (Å²) in [5.41, 5.74) is 0. The first-order valence-electron chi connectivity index (χ1n) is 12.5. The highest BCUT2D eigenvalue weighted by molar-refractivity contribution is 4.82. The third-order valence-corrected chi connectivity index (χ3v) is 7.72. The van der Waals surface area contributed by atoms with Crippen LogP contribution in [0.1, 0.15) is 119 Å². The molecule has 0 aromatic rings. The lowest BCUT2D eigenvalue weighted by Gasteiger charge is -2.26. The largest absolute Gasteiger partial charge is 0.373 e. The highest BCUT2D eigenvalue weighted by atomic mass is 16.6. The third-order valence-electron chi connectivity index (χ3n) is 7.72. The minimum absolute atomic E-state index is 0.589. The molecule has 162 valence electrons. The zero-order valence-electron chi connectivity index (χ0n) is 19.9. The van der Waals surface area contributed by atoms with Crippen LogP contribution in [-0.4, -0.2) is 12.7 Å². The number of unbranched alkanes of at least 4 members (excludes halogenated alkanes) is 3.